The average Bonchev–Trinajstić information content (AvgIpc) is 3.56. The van der Waals surface area contributed by atoms with E-state index < -0.39 is 0 Å². The van der Waals surface area contributed by atoms with Gasteiger partial charge in [-0.25, -0.2) is 0 Å². The lowest BCUT2D eigenvalue weighted by atomic mass is 9.91. The SMILES string of the molecule is c1ccc(-n2c3ccccc3c3cc(N(c4ccc(N5c6ccccc6-c6cccc7cccc5c67)cc4)c4ccc5ccccc5c4)ccc32)cc1. The Morgan fingerprint density at radius 2 is 0.962 bits per heavy atom. The maximum Gasteiger partial charge on any atom is 0.0546 e. The van der Waals surface area contributed by atoms with Crippen LogP contribution in [0.25, 0.3) is 60.2 Å². The summed E-state index contributed by atoms with van der Waals surface area (Å²) in [6.07, 6.45) is 0. The van der Waals surface area contributed by atoms with E-state index in [9.17, 15) is 0 Å². The van der Waals surface area contributed by atoms with Gasteiger partial charge in [-0.1, -0.05) is 115 Å². The predicted octanol–water partition coefficient (Wildman–Crippen LogP) is 14.0. The zero-order chi connectivity index (χ0) is 34.9. The fourth-order valence-electron chi connectivity index (χ4n) is 8.51. The van der Waals surface area contributed by atoms with Crippen LogP contribution in [0.3, 0.4) is 0 Å². The Morgan fingerprint density at radius 3 is 1.85 bits per heavy atom. The van der Waals surface area contributed by atoms with E-state index in [1.807, 2.05) is 0 Å². The van der Waals surface area contributed by atoms with E-state index in [2.05, 4.69) is 215 Å². The van der Waals surface area contributed by atoms with Crippen molar-refractivity contribution in [1.82, 2.24) is 4.57 Å². The molecule has 0 saturated carbocycles. The van der Waals surface area contributed by atoms with Gasteiger partial charge < -0.3 is 14.4 Å². The van der Waals surface area contributed by atoms with E-state index in [4.69, 9.17) is 0 Å². The molecule has 1 aromatic heterocycles. The maximum absolute atomic E-state index is 2.42. The van der Waals surface area contributed by atoms with Gasteiger partial charge in [-0.3, -0.25) is 0 Å². The molecule has 0 aliphatic carbocycles. The first-order valence-electron chi connectivity index (χ1n) is 18.2. The summed E-state index contributed by atoms with van der Waals surface area (Å²) in [6, 6.07) is 72.8. The molecule has 0 atom stereocenters. The number of benzene rings is 9. The summed E-state index contributed by atoms with van der Waals surface area (Å²) in [5.41, 5.74) is 12.9. The monoisotopic (exact) mass is 675 g/mol. The Kier molecular flexibility index (Phi) is 6.55. The second-order valence-corrected chi connectivity index (χ2v) is 13.8. The summed E-state index contributed by atoms with van der Waals surface area (Å²) in [4.78, 5) is 4.81. The molecule has 10 aromatic rings. The van der Waals surface area contributed by atoms with Crippen molar-refractivity contribution in [1.29, 1.82) is 0 Å². The Bertz CT molecular complexity index is 3010. The molecule has 3 nitrogen and oxygen atoms in total. The summed E-state index contributed by atoms with van der Waals surface area (Å²) in [6.45, 7) is 0. The molecule has 0 bridgehead atoms. The number of hydrogen-bond donors (Lipinski definition) is 0. The van der Waals surface area contributed by atoms with Gasteiger partial charge in [0, 0.05) is 50.2 Å². The van der Waals surface area contributed by atoms with Crippen molar-refractivity contribution >= 4 is 77.5 Å². The van der Waals surface area contributed by atoms with Gasteiger partial charge in [0.2, 0.25) is 0 Å². The molecule has 0 N–H and O–H groups in total. The van der Waals surface area contributed by atoms with Crippen molar-refractivity contribution in [2.45, 2.75) is 0 Å². The lowest BCUT2D eigenvalue weighted by Crippen LogP contribution is -2.15. The molecule has 3 heteroatoms. The van der Waals surface area contributed by atoms with E-state index in [0.29, 0.717) is 0 Å². The summed E-state index contributed by atoms with van der Waals surface area (Å²) < 4.78 is 2.37. The van der Waals surface area contributed by atoms with Crippen LogP contribution in [-0.4, -0.2) is 4.57 Å². The molecular formula is C50H33N3. The number of nitrogens with zero attached hydrogens (tertiary/aromatic N) is 3. The van der Waals surface area contributed by atoms with Crippen molar-refractivity contribution in [2.24, 2.45) is 0 Å². The highest BCUT2D eigenvalue weighted by molar-refractivity contribution is 6.14. The average molecular weight is 676 g/mol. The molecule has 0 radical (unpaired) electrons. The second kappa shape index (κ2) is 11.7. The van der Waals surface area contributed by atoms with Crippen LogP contribution >= 0.6 is 0 Å². The van der Waals surface area contributed by atoms with E-state index >= 15 is 0 Å². The Morgan fingerprint density at radius 1 is 0.340 bits per heavy atom. The Hall–Kier alpha value is -7.10. The van der Waals surface area contributed by atoms with E-state index in [-0.39, 0.29) is 0 Å². The van der Waals surface area contributed by atoms with Crippen molar-refractivity contribution in [3.63, 3.8) is 0 Å². The Balaban J connectivity index is 1.09. The topological polar surface area (TPSA) is 11.4 Å². The molecule has 0 unspecified atom stereocenters. The van der Waals surface area contributed by atoms with Gasteiger partial charge >= 0.3 is 0 Å². The van der Waals surface area contributed by atoms with Crippen molar-refractivity contribution in [3.8, 4) is 16.8 Å². The molecule has 9 aromatic carbocycles. The quantitative estimate of drug-likeness (QED) is 0.180. The molecule has 53 heavy (non-hydrogen) atoms. The minimum Gasteiger partial charge on any atom is -0.310 e. The fourth-order valence-corrected chi connectivity index (χ4v) is 8.51. The van der Waals surface area contributed by atoms with Crippen LogP contribution in [0.2, 0.25) is 0 Å². The smallest absolute Gasteiger partial charge is 0.0546 e. The highest BCUT2D eigenvalue weighted by atomic mass is 15.2. The minimum absolute atomic E-state index is 1.10. The maximum atomic E-state index is 2.42. The summed E-state index contributed by atoms with van der Waals surface area (Å²) >= 11 is 0. The lowest BCUT2D eigenvalue weighted by Gasteiger charge is -2.34. The van der Waals surface area contributed by atoms with E-state index in [1.165, 1.54) is 65.9 Å². The van der Waals surface area contributed by atoms with Crippen LogP contribution < -0.4 is 9.80 Å². The lowest BCUT2D eigenvalue weighted by molar-refractivity contribution is 1.18. The minimum atomic E-state index is 1.10. The molecule has 0 amide bonds. The van der Waals surface area contributed by atoms with Crippen LogP contribution in [0.1, 0.15) is 0 Å². The first kappa shape index (κ1) is 29.6. The molecule has 0 spiro atoms. The zero-order valence-electron chi connectivity index (χ0n) is 28.9. The molecular weight excluding hydrogens is 643 g/mol. The van der Waals surface area contributed by atoms with Gasteiger partial charge in [0.25, 0.3) is 0 Å². The molecule has 0 saturated heterocycles. The number of aromatic nitrogens is 1. The van der Waals surface area contributed by atoms with Gasteiger partial charge in [-0.2, -0.15) is 0 Å². The molecule has 1 aliphatic rings. The van der Waals surface area contributed by atoms with Crippen molar-refractivity contribution in [2.75, 3.05) is 9.80 Å². The zero-order valence-corrected chi connectivity index (χ0v) is 28.9. The van der Waals surface area contributed by atoms with Gasteiger partial charge in [0.1, 0.15) is 0 Å². The fraction of sp³-hybridized carbons (Fsp3) is 0. The van der Waals surface area contributed by atoms with Crippen LogP contribution in [0.4, 0.5) is 34.1 Å². The van der Waals surface area contributed by atoms with Crippen LogP contribution in [-0.2, 0) is 0 Å². The summed E-state index contributed by atoms with van der Waals surface area (Å²) in [5.74, 6) is 0. The highest BCUT2D eigenvalue weighted by Gasteiger charge is 2.26. The molecule has 248 valence electrons. The van der Waals surface area contributed by atoms with Gasteiger partial charge in [-0.15, -0.1) is 0 Å². The predicted molar refractivity (Wildman–Crippen MR) is 224 cm³/mol. The number of anilines is 6. The second-order valence-electron chi connectivity index (χ2n) is 13.8. The third-order valence-corrected chi connectivity index (χ3v) is 10.8. The van der Waals surface area contributed by atoms with Crippen molar-refractivity contribution in [3.05, 3.63) is 200 Å². The number of para-hydroxylation sites is 3. The first-order chi connectivity index (χ1) is 26.3. The summed E-state index contributed by atoms with van der Waals surface area (Å²) in [7, 11) is 0. The molecule has 11 rings (SSSR count). The van der Waals surface area contributed by atoms with Crippen molar-refractivity contribution < 1.29 is 0 Å². The number of rotatable bonds is 5. The van der Waals surface area contributed by atoms with Gasteiger partial charge in [0.15, 0.2) is 0 Å². The van der Waals surface area contributed by atoms with Crippen LogP contribution in [0, 0.1) is 0 Å². The number of hydrogen-bond acceptors (Lipinski definition) is 2. The van der Waals surface area contributed by atoms with Gasteiger partial charge in [0.05, 0.1) is 22.4 Å². The van der Waals surface area contributed by atoms with E-state index in [1.54, 1.807) is 0 Å². The largest absolute Gasteiger partial charge is 0.310 e. The normalized spacial score (nSPS) is 12.1. The first-order valence-corrected chi connectivity index (χ1v) is 18.2. The highest BCUT2D eigenvalue weighted by Crippen LogP contribution is 2.51. The molecule has 2 heterocycles. The van der Waals surface area contributed by atoms with Gasteiger partial charge in [-0.05, 0) is 107 Å². The standard InChI is InChI=1S/C50H33N3/c1-2-16-37(17-3-1)52-47-22-9-7-19-43(47)45-33-41(30-31-48(45)52)51(40-25-24-34-12-4-5-13-36(34)32-40)38-26-28-39(29-27-38)53-46-21-8-6-18-42(46)44-20-10-14-35-15-11-23-49(53)50(35)44/h1-33H. The summed E-state index contributed by atoms with van der Waals surface area (Å²) in [5, 5.41) is 7.44. The third-order valence-electron chi connectivity index (χ3n) is 10.8. The third kappa shape index (κ3) is 4.61. The van der Waals surface area contributed by atoms with E-state index in [0.717, 1.165) is 28.4 Å². The van der Waals surface area contributed by atoms with Crippen LogP contribution in [0.5, 0.6) is 0 Å². The molecule has 0 fully saturated rings. The number of fused-ring (bicyclic) bond motifs is 6. The molecule has 1 aliphatic heterocycles. The Labute approximate surface area is 307 Å². The van der Waals surface area contributed by atoms with Crippen LogP contribution in [0.15, 0.2) is 200 Å².